The highest BCUT2D eigenvalue weighted by Crippen LogP contribution is 2.04. The van der Waals surface area contributed by atoms with E-state index >= 15 is 0 Å². The molecule has 0 bridgehead atoms. The van der Waals surface area contributed by atoms with Gasteiger partial charge in [0, 0.05) is 18.1 Å². The predicted molar refractivity (Wildman–Crippen MR) is 64.5 cm³/mol. The van der Waals surface area contributed by atoms with Crippen molar-refractivity contribution < 1.29 is 4.79 Å². The van der Waals surface area contributed by atoms with Crippen LogP contribution >= 0.6 is 0 Å². The van der Waals surface area contributed by atoms with Crippen molar-refractivity contribution in [3.05, 3.63) is 48.4 Å². The first-order chi connectivity index (χ1) is 7.11. The molecule has 15 heavy (non-hydrogen) atoms. The lowest BCUT2D eigenvalue weighted by molar-refractivity contribution is -0.108. The molecule has 80 valence electrons. The number of aliphatic imine (C=N–C) groups is 1. The summed E-state index contributed by atoms with van der Waals surface area (Å²) >= 11 is 0. The second-order valence-corrected chi connectivity index (χ2v) is 2.97. The van der Waals surface area contributed by atoms with Gasteiger partial charge in [-0.3, -0.25) is 9.79 Å². The second kappa shape index (κ2) is 7.50. The van der Waals surface area contributed by atoms with Crippen LogP contribution in [0.4, 0.5) is 0 Å². The molecule has 3 nitrogen and oxygen atoms in total. The number of allylic oxidation sites excluding steroid dienone is 5. The van der Waals surface area contributed by atoms with Gasteiger partial charge in [0.15, 0.2) is 0 Å². The van der Waals surface area contributed by atoms with E-state index in [1.54, 1.807) is 19.2 Å². The Hall–Kier alpha value is -1.90. The molecule has 0 rings (SSSR count). The lowest BCUT2D eigenvalue weighted by atomic mass is 10.1. The molecule has 0 radical (unpaired) electrons. The Morgan fingerprint density at radius 1 is 1.33 bits per heavy atom. The highest BCUT2D eigenvalue weighted by molar-refractivity contribution is 5.84. The summed E-state index contributed by atoms with van der Waals surface area (Å²) in [5.41, 5.74) is 2.55. The summed E-state index contributed by atoms with van der Waals surface area (Å²) in [4.78, 5) is 14.0. The molecule has 0 aliphatic heterocycles. The van der Waals surface area contributed by atoms with Crippen molar-refractivity contribution in [3.8, 4) is 0 Å². The van der Waals surface area contributed by atoms with Crippen LogP contribution in [0.2, 0.25) is 0 Å². The van der Waals surface area contributed by atoms with E-state index < -0.39 is 0 Å². The SMILES string of the molecule is C=CN=C/C(=C/C=C(\C)NC=O)C(=C)C. The molecule has 0 aromatic heterocycles. The van der Waals surface area contributed by atoms with Crippen LogP contribution < -0.4 is 5.32 Å². The van der Waals surface area contributed by atoms with E-state index in [0.717, 1.165) is 16.8 Å². The zero-order chi connectivity index (χ0) is 11.7. The summed E-state index contributed by atoms with van der Waals surface area (Å²) in [6.07, 6.45) is 7.38. The summed E-state index contributed by atoms with van der Waals surface area (Å²) in [6, 6.07) is 0. The Labute approximate surface area is 90.6 Å². The van der Waals surface area contributed by atoms with Gasteiger partial charge in [0.1, 0.15) is 0 Å². The summed E-state index contributed by atoms with van der Waals surface area (Å²) < 4.78 is 0. The lowest BCUT2D eigenvalue weighted by Gasteiger charge is -1.98. The lowest BCUT2D eigenvalue weighted by Crippen LogP contribution is -2.06. The molecular formula is C12H16N2O. The highest BCUT2D eigenvalue weighted by atomic mass is 16.1. The van der Waals surface area contributed by atoms with Crippen molar-refractivity contribution in [3.63, 3.8) is 0 Å². The Bertz CT molecular complexity index is 336. The molecule has 0 spiro atoms. The summed E-state index contributed by atoms with van der Waals surface area (Å²) in [5.74, 6) is 0. The summed E-state index contributed by atoms with van der Waals surface area (Å²) in [6.45, 7) is 11.0. The molecule has 1 N–H and O–H groups in total. The highest BCUT2D eigenvalue weighted by Gasteiger charge is 1.91. The van der Waals surface area contributed by atoms with Crippen LogP contribution in [0.15, 0.2) is 53.3 Å². The predicted octanol–water partition coefficient (Wildman–Crippen LogP) is 2.35. The third-order valence-corrected chi connectivity index (χ3v) is 1.61. The normalized spacial score (nSPS) is 12.7. The number of amides is 1. The van der Waals surface area contributed by atoms with Crippen LogP contribution in [0.25, 0.3) is 0 Å². The number of carbonyl (C=O) groups excluding carboxylic acids is 1. The minimum atomic E-state index is 0.637. The van der Waals surface area contributed by atoms with Gasteiger partial charge in [0.25, 0.3) is 0 Å². The zero-order valence-electron chi connectivity index (χ0n) is 9.16. The molecule has 0 fully saturated rings. The largest absolute Gasteiger partial charge is 0.333 e. The number of hydrogen-bond donors (Lipinski definition) is 1. The monoisotopic (exact) mass is 204 g/mol. The van der Waals surface area contributed by atoms with Crippen LogP contribution in [0.5, 0.6) is 0 Å². The van der Waals surface area contributed by atoms with E-state index in [4.69, 9.17) is 0 Å². The summed E-state index contributed by atoms with van der Waals surface area (Å²) in [5, 5.41) is 2.54. The van der Waals surface area contributed by atoms with Gasteiger partial charge < -0.3 is 5.32 Å². The molecule has 0 saturated carbocycles. The number of nitrogens with one attached hydrogen (secondary N) is 1. The standard InChI is InChI=1S/C12H16N2O/c1-5-13-8-12(10(2)3)7-6-11(4)14-9-15/h5-9H,1-2H2,3-4H3,(H,14,15)/b11-6+,12-7-,13-8?. The van der Waals surface area contributed by atoms with E-state index in [1.807, 2.05) is 13.0 Å². The third kappa shape index (κ3) is 6.21. The number of carbonyl (C=O) groups is 1. The Kier molecular flexibility index (Phi) is 6.55. The van der Waals surface area contributed by atoms with E-state index in [-0.39, 0.29) is 0 Å². The van der Waals surface area contributed by atoms with Gasteiger partial charge in [-0.2, -0.15) is 0 Å². The first-order valence-corrected chi connectivity index (χ1v) is 4.50. The van der Waals surface area contributed by atoms with Crippen molar-refractivity contribution in [1.29, 1.82) is 0 Å². The van der Waals surface area contributed by atoms with Gasteiger partial charge >= 0.3 is 0 Å². The molecule has 0 heterocycles. The molecule has 3 heteroatoms. The van der Waals surface area contributed by atoms with Crippen LogP contribution in [-0.4, -0.2) is 12.6 Å². The maximum Gasteiger partial charge on any atom is 0.211 e. The maximum absolute atomic E-state index is 10.1. The molecule has 0 aromatic rings. The van der Waals surface area contributed by atoms with E-state index in [0.29, 0.717) is 6.41 Å². The van der Waals surface area contributed by atoms with Crippen LogP contribution in [0, 0.1) is 0 Å². The number of rotatable bonds is 6. The van der Waals surface area contributed by atoms with Crippen LogP contribution in [-0.2, 0) is 4.79 Å². The Balaban J connectivity index is 4.76. The van der Waals surface area contributed by atoms with Gasteiger partial charge in [0.05, 0.1) is 0 Å². The van der Waals surface area contributed by atoms with Crippen LogP contribution in [0.1, 0.15) is 13.8 Å². The topological polar surface area (TPSA) is 41.5 Å². The first kappa shape index (κ1) is 13.1. The molecule has 0 aromatic carbocycles. The van der Waals surface area contributed by atoms with E-state index in [2.05, 4.69) is 23.5 Å². The zero-order valence-corrected chi connectivity index (χ0v) is 9.16. The Morgan fingerprint density at radius 2 is 2.00 bits per heavy atom. The fourth-order valence-electron chi connectivity index (χ4n) is 0.784. The average molecular weight is 204 g/mol. The minimum absolute atomic E-state index is 0.637. The van der Waals surface area contributed by atoms with Crippen molar-refractivity contribution >= 4 is 12.6 Å². The molecular weight excluding hydrogens is 188 g/mol. The van der Waals surface area contributed by atoms with Crippen LogP contribution in [0.3, 0.4) is 0 Å². The van der Waals surface area contributed by atoms with Gasteiger partial charge in [-0.15, -0.1) is 0 Å². The maximum atomic E-state index is 10.1. The number of hydrogen-bond acceptors (Lipinski definition) is 2. The van der Waals surface area contributed by atoms with Gasteiger partial charge in [-0.05, 0) is 31.1 Å². The molecule has 0 aliphatic carbocycles. The van der Waals surface area contributed by atoms with E-state index in [9.17, 15) is 4.79 Å². The molecule has 0 aliphatic rings. The first-order valence-electron chi connectivity index (χ1n) is 4.50. The Morgan fingerprint density at radius 3 is 2.47 bits per heavy atom. The third-order valence-electron chi connectivity index (χ3n) is 1.61. The molecule has 0 atom stereocenters. The smallest absolute Gasteiger partial charge is 0.211 e. The van der Waals surface area contributed by atoms with E-state index in [1.165, 1.54) is 6.20 Å². The minimum Gasteiger partial charge on any atom is -0.333 e. The van der Waals surface area contributed by atoms with Crippen molar-refractivity contribution in [2.45, 2.75) is 13.8 Å². The molecule has 0 saturated heterocycles. The average Bonchev–Trinajstić information content (AvgIpc) is 2.17. The van der Waals surface area contributed by atoms with Crippen molar-refractivity contribution in [1.82, 2.24) is 5.32 Å². The molecule has 0 unspecified atom stereocenters. The van der Waals surface area contributed by atoms with Gasteiger partial charge in [0.2, 0.25) is 6.41 Å². The van der Waals surface area contributed by atoms with Crippen molar-refractivity contribution in [2.75, 3.05) is 0 Å². The number of nitrogens with zero attached hydrogens (tertiary/aromatic N) is 1. The molecule has 1 amide bonds. The second-order valence-electron chi connectivity index (χ2n) is 2.97. The van der Waals surface area contributed by atoms with Gasteiger partial charge in [-0.25, -0.2) is 0 Å². The van der Waals surface area contributed by atoms with Crippen molar-refractivity contribution in [2.24, 2.45) is 4.99 Å². The fraction of sp³-hybridized carbons (Fsp3) is 0.167. The van der Waals surface area contributed by atoms with Gasteiger partial charge in [-0.1, -0.05) is 19.2 Å². The fourth-order valence-corrected chi connectivity index (χ4v) is 0.784. The summed E-state index contributed by atoms with van der Waals surface area (Å²) in [7, 11) is 0. The quantitative estimate of drug-likeness (QED) is 0.403.